The molecule has 5 nitrogen and oxygen atoms in total. The fourth-order valence-corrected chi connectivity index (χ4v) is 4.22. The van der Waals surface area contributed by atoms with Gasteiger partial charge in [-0.05, 0) is 42.5 Å². The van der Waals surface area contributed by atoms with E-state index in [-0.39, 0.29) is 11.8 Å². The van der Waals surface area contributed by atoms with Crippen molar-refractivity contribution in [1.29, 1.82) is 0 Å². The second-order valence-electron chi connectivity index (χ2n) is 6.71. The van der Waals surface area contributed by atoms with Gasteiger partial charge in [-0.25, -0.2) is 0 Å². The van der Waals surface area contributed by atoms with Crippen molar-refractivity contribution in [2.75, 3.05) is 32.7 Å². The number of amides is 2. The Morgan fingerprint density at radius 3 is 2.70 bits per heavy atom. The van der Waals surface area contributed by atoms with Crippen LogP contribution in [0.3, 0.4) is 0 Å². The number of carbonyl (C=O) groups excluding carboxylic acids is 2. The highest BCUT2D eigenvalue weighted by atomic mass is 35.5. The molecule has 0 spiro atoms. The summed E-state index contributed by atoms with van der Waals surface area (Å²) in [5.41, 5.74) is 1.75. The smallest absolute Gasteiger partial charge is 0.255 e. The van der Waals surface area contributed by atoms with Gasteiger partial charge in [0, 0.05) is 31.1 Å². The molecule has 1 aromatic heterocycles. The molecular weight excluding hydrogens is 382 g/mol. The lowest BCUT2D eigenvalue weighted by molar-refractivity contribution is -0.122. The topological polar surface area (TPSA) is 52.7 Å². The number of nitrogens with one attached hydrogen (secondary N) is 1. The number of halogens is 1. The summed E-state index contributed by atoms with van der Waals surface area (Å²) < 4.78 is 0. The van der Waals surface area contributed by atoms with E-state index in [2.05, 4.69) is 23.2 Å². The van der Waals surface area contributed by atoms with E-state index >= 15 is 0 Å². The highest BCUT2D eigenvalue weighted by molar-refractivity contribution is 7.10. The van der Waals surface area contributed by atoms with Crippen molar-refractivity contribution < 1.29 is 9.59 Å². The minimum absolute atomic E-state index is 0.0219. The van der Waals surface area contributed by atoms with Gasteiger partial charge in [0.1, 0.15) is 0 Å². The van der Waals surface area contributed by atoms with Gasteiger partial charge >= 0.3 is 0 Å². The van der Waals surface area contributed by atoms with Crippen molar-refractivity contribution in [3.63, 3.8) is 0 Å². The number of hydrogen-bond donors (Lipinski definition) is 1. The summed E-state index contributed by atoms with van der Waals surface area (Å²) in [5, 5.41) is 5.51. The largest absolute Gasteiger partial charge is 0.350 e. The lowest BCUT2D eigenvalue weighted by Gasteiger charge is -2.22. The number of carbonyl (C=O) groups is 2. The fraction of sp³-hybridized carbons (Fsp3) is 0.400. The number of hydrogen-bond acceptors (Lipinski definition) is 4. The molecule has 3 rings (SSSR count). The monoisotopic (exact) mass is 405 g/mol. The molecule has 0 unspecified atom stereocenters. The number of thiophene rings is 1. The third-order valence-corrected chi connectivity index (χ3v) is 6.11. The van der Waals surface area contributed by atoms with Gasteiger partial charge < -0.3 is 10.2 Å². The van der Waals surface area contributed by atoms with Crippen molar-refractivity contribution in [3.05, 3.63) is 56.7 Å². The average molecular weight is 406 g/mol. The quantitative estimate of drug-likeness (QED) is 0.831. The molecule has 7 heteroatoms. The maximum absolute atomic E-state index is 12.7. The highest BCUT2D eigenvalue weighted by Crippen LogP contribution is 2.18. The van der Waals surface area contributed by atoms with Gasteiger partial charge in [0.2, 0.25) is 5.91 Å². The van der Waals surface area contributed by atoms with Crippen molar-refractivity contribution >= 4 is 34.8 Å². The van der Waals surface area contributed by atoms with Gasteiger partial charge in [0.25, 0.3) is 5.91 Å². The SMILES string of the molecule is Cc1ccsc1CNC(=O)CN1CCCN(C(=O)c2ccccc2Cl)CC1. The van der Waals surface area contributed by atoms with Gasteiger partial charge in [-0.15, -0.1) is 11.3 Å². The lowest BCUT2D eigenvalue weighted by atomic mass is 10.2. The first-order valence-corrected chi connectivity index (χ1v) is 10.4. The summed E-state index contributed by atoms with van der Waals surface area (Å²) in [6.07, 6.45) is 0.841. The number of benzene rings is 1. The van der Waals surface area contributed by atoms with E-state index in [1.54, 1.807) is 23.5 Å². The van der Waals surface area contributed by atoms with Gasteiger partial charge in [0.05, 0.1) is 23.7 Å². The van der Waals surface area contributed by atoms with Gasteiger partial charge in [-0.3, -0.25) is 14.5 Å². The molecule has 2 heterocycles. The van der Waals surface area contributed by atoms with E-state index < -0.39 is 0 Å². The summed E-state index contributed by atoms with van der Waals surface area (Å²) in [4.78, 5) is 30.1. The Hall–Kier alpha value is -1.89. The van der Waals surface area contributed by atoms with E-state index in [4.69, 9.17) is 11.6 Å². The van der Waals surface area contributed by atoms with E-state index in [0.29, 0.717) is 43.3 Å². The van der Waals surface area contributed by atoms with Crippen LogP contribution in [0, 0.1) is 6.92 Å². The maximum atomic E-state index is 12.7. The second-order valence-corrected chi connectivity index (χ2v) is 8.11. The Morgan fingerprint density at radius 1 is 1.15 bits per heavy atom. The maximum Gasteiger partial charge on any atom is 0.255 e. The van der Waals surface area contributed by atoms with Crippen molar-refractivity contribution in [2.45, 2.75) is 19.9 Å². The molecule has 1 aliphatic heterocycles. The van der Waals surface area contributed by atoms with Crippen LogP contribution in [-0.4, -0.2) is 54.3 Å². The van der Waals surface area contributed by atoms with Crippen molar-refractivity contribution in [3.8, 4) is 0 Å². The molecule has 2 aromatic rings. The summed E-state index contributed by atoms with van der Waals surface area (Å²) in [7, 11) is 0. The molecular formula is C20H24ClN3O2S. The van der Waals surface area contributed by atoms with Crippen LogP contribution in [0.2, 0.25) is 5.02 Å². The zero-order chi connectivity index (χ0) is 19.2. The lowest BCUT2D eigenvalue weighted by Crippen LogP contribution is -2.39. The Bertz CT molecular complexity index is 808. The fourth-order valence-electron chi connectivity index (χ4n) is 3.16. The van der Waals surface area contributed by atoms with E-state index in [0.717, 1.165) is 13.0 Å². The van der Waals surface area contributed by atoms with Crippen LogP contribution in [0.4, 0.5) is 0 Å². The zero-order valence-electron chi connectivity index (χ0n) is 15.4. The van der Waals surface area contributed by atoms with Crippen LogP contribution in [0.5, 0.6) is 0 Å². The molecule has 1 saturated heterocycles. The van der Waals surface area contributed by atoms with Crippen LogP contribution in [0.25, 0.3) is 0 Å². The summed E-state index contributed by atoms with van der Waals surface area (Å²) >= 11 is 7.81. The third kappa shape index (κ3) is 5.31. The molecule has 1 N–H and O–H groups in total. The predicted octanol–water partition coefficient (Wildman–Crippen LogP) is 3.17. The van der Waals surface area contributed by atoms with Gasteiger partial charge in [-0.2, -0.15) is 0 Å². The molecule has 2 amide bonds. The normalized spacial score (nSPS) is 15.4. The Labute approximate surface area is 168 Å². The van der Waals surface area contributed by atoms with Crippen molar-refractivity contribution in [2.24, 2.45) is 0 Å². The average Bonchev–Trinajstić information content (AvgIpc) is 2.92. The van der Waals surface area contributed by atoms with Crippen molar-refractivity contribution in [1.82, 2.24) is 15.1 Å². The number of aryl methyl sites for hydroxylation is 1. The summed E-state index contributed by atoms with van der Waals surface area (Å²) in [5.74, 6) is -0.0197. The van der Waals surface area contributed by atoms with Crippen LogP contribution in [-0.2, 0) is 11.3 Å². The minimum atomic E-state index is -0.0416. The molecule has 0 bridgehead atoms. The first-order chi connectivity index (χ1) is 13.0. The predicted molar refractivity (Wildman–Crippen MR) is 109 cm³/mol. The summed E-state index contributed by atoms with van der Waals surface area (Å²) in [6, 6.07) is 9.19. The molecule has 1 fully saturated rings. The van der Waals surface area contributed by atoms with E-state index in [9.17, 15) is 9.59 Å². The number of rotatable bonds is 5. The standard InChI is InChI=1S/C20H24ClN3O2S/c1-15-7-12-27-18(15)13-22-19(25)14-23-8-4-9-24(11-10-23)20(26)16-5-2-3-6-17(16)21/h2-3,5-7,12H,4,8-11,13-14H2,1H3,(H,22,25). The minimum Gasteiger partial charge on any atom is -0.350 e. The first-order valence-electron chi connectivity index (χ1n) is 9.10. The molecule has 1 aliphatic rings. The first kappa shape index (κ1) is 19.9. The molecule has 1 aromatic carbocycles. The third-order valence-electron chi connectivity index (χ3n) is 4.76. The van der Waals surface area contributed by atoms with Crippen LogP contribution in [0.1, 0.15) is 27.2 Å². The number of nitrogens with zero attached hydrogens (tertiary/aromatic N) is 2. The summed E-state index contributed by atoms with van der Waals surface area (Å²) in [6.45, 7) is 5.75. The van der Waals surface area contributed by atoms with Crippen LogP contribution in [0.15, 0.2) is 35.7 Å². The molecule has 0 aliphatic carbocycles. The molecule has 0 saturated carbocycles. The Morgan fingerprint density at radius 2 is 1.96 bits per heavy atom. The van der Waals surface area contributed by atoms with Gasteiger partial charge in [0.15, 0.2) is 0 Å². The van der Waals surface area contributed by atoms with Gasteiger partial charge in [-0.1, -0.05) is 23.7 Å². The van der Waals surface area contributed by atoms with Crippen LogP contribution >= 0.6 is 22.9 Å². The Kier molecular flexibility index (Phi) is 6.88. The highest BCUT2D eigenvalue weighted by Gasteiger charge is 2.22. The Balaban J connectivity index is 1.49. The zero-order valence-corrected chi connectivity index (χ0v) is 17.0. The second kappa shape index (κ2) is 9.35. The molecule has 144 valence electrons. The molecule has 27 heavy (non-hydrogen) atoms. The molecule has 0 radical (unpaired) electrons. The van der Waals surface area contributed by atoms with E-state index in [1.807, 2.05) is 22.4 Å². The molecule has 0 atom stereocenters. The van der Waals surface area contributed by atoms with Crippen LogP contribution < -0.4 is 5.32 Å². The van der Waals surface area contributed by atoms with E-state index in [1.165, 1.54) is 10.4 Å².